The van der Waals surface area contributed by atoms with Crippen molar-refractivity contribution < 1.29 is 17.5 Å². The van der Waals surface area contributed by atoms with E-state index in [0.29, 0.717) is 5.56 Å². The van der Waals surface area contributed by atoms with Crippen LogP contribution in [0.4, 0.5) is 4.39 Å². The van der Waals surface area contributed by atoms with Gasteiger partial charge in [-0.3, -0.25) is 5.41 Å². The molecule has 0 atom stereocenters. The van der Waals surface area contributed by atoms with E-state index in [1.54, 1.807) is 12.1 Å². The van der Waals surface area contributed by atoms with Crippen LogP contribution >= 0.6 is 0 Å². The van der Waals surface area contributed by atoms with Crippen LogP contribution < -0.4 is 10.5 Å². The van der Waals surface area contributed by atoms with E-state index in [2.05, 4.69) is 0 Å². The number of hydrogen-bond acceptors (Lipinski definition) is 4. The van der Waals surface area contributed by atoms with Gasteiger partial charge in [0.2, 0.25) is 0 Å². The summed E-state index contributed by atoms with van der Waals surface area (Å²) in [5.41, 5.74) is 6.26. The first-order valence-electron chi connectivity index (χ1n) is 6.33. The molecule has 0 radical (unpaired) electrons. The molecule has 0 aliphatic carbocycles. The summed E-state index contributed by atoms with van der Waals surface area (Å²) in [5, 5.41) is 7.23. The van der Waals surface area contributed by atoms with E-state index in [4.69, 9.17) is 15.9 Å². The summed E-state index contributed by atoms with van der Waals surface area (Å²) in [5.74, 6) is -0.792. The predicted molar refractivity (Wildman–Crippen MR) is 81.3 cm³/mol. The molecule has 0 saturated carbocycles. The van der Waals surface area contributed by atoms with Crippen LogP contribution in [0.2, 0.25) is 0 Å². The smallest absolute Gasteiger partial charge is 0.175 e. The molecule has 0 bridgehead atoms. The molecule has 2 aromatic carbocycles. The van der Waals surface area contributed by atoms with E-state index >= 15 is 0 Å². The molecule has 0 aliphatic rings. The molecular formula is C15H15FN2O3S. The average molecular weight is 322 g/mol. The monoisotopic (exact) mass is 322 g/mol. The van der Waals surface area contributed by atoms with Crippen LogP contribution in [-0.4, -0.2) is 20.5 Å². The van der Waals surface area contributed by atoms with Crippen LogP contribution in [-0.2, 0) is 16.4 Å². The number of nitrogen functional groups attached to an aromatic ring is 1. The first kappa shape index (κ1) is 16.0. The molecule has 0 saturated heterocycles. The summed E-state index contributed by atoms with van der Waals surface area (Å²) in [4.78, 5) is 0.216. The van der Waals surface area contributed by atoms with Crippen molar-refractivity contribution in [2.24, 2.45) is 5.73 Å². The van der Waals surface area contributed by atoms with Gasteiger partial charge < -0.3 is 10.5 Å². The van der Waals surface area contributed by atoms with Crippen molar-refractivity contribution in [1.29, 1.82) is 5.41 Å². The Hall–Kier alpha value is -2.41. The highest BCUT2D eigenvalue weighted by Gasteiger charge is 2.08. The zero-order valence-corrected chi connectivity index (χ0v) is 12.7. The highest BCUT2D eigenvalue weighted by atomic mass is 32.2. The van der Waals surface area contributed by atoms with Crippen LogP contribution in [0.25, 0.3) is 0 Å². The van der Waals surface area contributed by atoms with Gasteiger partial charge in [-0.25, -0.2) is 12.8 Å². The van der Waals surface area contributed by atoms with Gasteiger partial charge in [-0.15, -0.1) is 0 Å². The van der Waals surface area contributed by atoms with Crippen molar-refractivity contribution >= 4 is 15.7 Å². The minimum Gasteiger partial charge on any atom is -0.486 e. The molecule has 0 aromatic heterocycles. The number of nitrogens with one attached hydrogen (secondary N) is 1. The molecule has 0 amide bonds. The Morgan fingerprint density at radius 3 is 2.36 bits per heavy atom. The van der Waals surface area contributed by atoms with Crippen LogP contribution in [0.5, 0.6) is 5.75 Å². The number of ether oxygens (including phenoxy) is 1. The number of sulfone groups is 1. The van der Waals surface area contributed by atoms with Crippen molar-refractivity contribution in [2.75, 3.05) is 6.26 Å². The van der Waals surface area contributed by atoms with Crippen molar-refractivity contribution in [3.8, 4) is 5.75 Å². The standard InChI is InChI=1S/C15H15FN2O3S/c1-22(19,20)12-5-2-10(3-6-12)9-21-14-7-4-11(15(17)18)8-13(14)16/h2-8H,9H2,1H3,(H3,17,18). The molecule has 2 aromatic rings. The Morgan fingerprint density at radius 1 is 1.23 bits per heavy atom. The molecule has 3 N–H and O–H groups in total. The summed E-state index contributed by atoms with van der Waals surface area (Å²) >= 11 is 0. The Bertz CT molecular complexity index is 802. The molecule has 0 unspecified atom stereocenters. The maximum atomic E-state index is 13.8. The van der Waals surface area contributed by atoms with Gasteiger partial charge in [-0.05, 0) is 35.9 Å². The first-order valence-corrected chi connectivity index (χ1v) is 8.22. The average Bonchev–Trinajstić information content (AvgIpc) is 2.45. The Morgan fingerprint density at radius 2 is 1.86 bits per heavy atom. The molecule has 0 aliphatic heterocycles. The van der Waals surface area contributed by atoms with Crippen LogP contribution in [0.1, 0.15) is 11.1 Å². The van der Waals surface area contributed by atoms with Gasteiger partial charge in [0.25, 0.3) is 0 Å². The molecular weight excluding hydrogens is 307 g/mol. The summed E-state index contributed by atoms with van der Waals surface area (Å²) in [6.45, 7) is 0.0976. The molecule has 22 heavy (non-hydrogen) atoms. The quantitative estimate of drug-likeness (QED) is 0.651. The maximum absolute atomic E-state index is 13.8. The molecule has 0 fully saturated rings. The molecule has 5 nitrogen and oxygen atoms in total. The SMILES string of the molecule is CS(=O)(=O)c1ccc(COc2ccc(C(=N)N)cc2F)cc1. The van der Waals surface area contributed by atoms with E-state index in [9.17, 15) is 12.8 Å². The van der Waals surface area contributed by atoms with Gasteiger partial charge in [0.05, 0.1) is 4.90 Å². The Labute approximate surface area is 128 Å². The fraction of sp³-hybridized carbons (Fsp3) is 0.133. The van der Waals surface area contributed by atoms with Crippen molar-refractivity contribution in [1.82, 2.24) is 0 Å². The maximum Gasteiger partial charge on any atom is 0.175 e. The second-order valence-corrected chi connectivity index (χ2v) is 6.78. The van der Waals surface area contributed by atoms with Gasteiger partial charge in [0.1, 0.15) is 12.4 Å². The minimum absolute atomic E-state index is 0.0391. The summed E-state index contributed by atoms with van der Waals surface area (Å²) in [7, 11) is -3.24. The number of benzene rings is 2. The van der Waals surface area contributed by atoms with Crippen molar-refractivity contribution in [2.45, 2.75) is 11.5 Å². The zero-order valence-electron chi connectivity index (χ0n) is 11.8. The Kier molecular flexibility index (Phi) is 4.46. The van der Waals surface area contributed by atoms with Crippen LogP contribution in [0, 0.1) is 11.2 Å². The van der Waals surface area contributed by atoms with Gasteiger partial charge in [-0.2, -0.15) is 0 Å². The summed E-state index contributed by atoms with van der Waals surface area (Å²) in [6, 6.07) is 10.2. The zero-order chi connectivity index (χ0) is 16.3. The normalized spacial score (nSPS) is 11.2. The van der Waals surface area contributed by atoms with E-state index < -0.39 is 15.7 Å². The summed E-state index contributed by atoms with van der Waals surface area (Å²) in [6.07, 6.45) is 1.13. The topological polar surface area (TPSA) is 93.2 Å². The number of hydrogen-bond donors (Lipinski definition) is 2. The third-order valence-corrected chi connectivity index (χ3v) is 4.12. The number of nitrogens with two attached hydrogens (primary N) is 1. The van der Waals surface area contributed by atoms with E-state index in [0.717, 1.165) is 12.3 Å². The lowest BCUT2D eigenvalue weighted by molar-refractivity contribution is 0.290. The van der Waals surface area contributed by atoms with Crippen molar-refractivity contribution in [3.05, 3.63) is 59.4 Å². The fourth-order valence-corrected chi connectivity index (χ4v) is 2.41. The van der Waals surface area contributed by atoms with E-state index in [1.807, 2.05) is 0 Å². The highest BCUT2D eigenvalue weighted by molar-refractivity contribution is 7.90. The molecule has 0 heterocycles. The van der Waals surface area contributed by atoms with Crippen LogP contribution in [0.15, 0.2) is 47.4 Å². The highest BCUT2D eigenvalue weighted by Crippen LogP contribution is 2.20. The summed E-state index contributed by atoms with van der Waals surface area (Å²) < 4.78 is 41.8. The molecule has 7 heteroatoms. The second-order valence-electron chi connectivity index (χ2n) is 4.76. The van der Waals surface area contributed by atoms with Gasteiger partial charge in [-0.1, -0.05) is 12.1 Å². The third kappa shape index (κ3) is 3.82. The number of rotatable bonds is 5. The largest absolute Gasteiger partial charge is 0.486 e. The van der Waals surface area contributed by atoms with E-state index in [-0.39, 0.29) is 28.7 Å². The first-order chi connectivity index (χ1) is 10.3. The molecule has 2 rings (SSSR count). The fourth-order valence-electron chi connectivity index (χ4n) is 1.78. The van der Waals surface area contributed by atoms with Gasteiger partial charge >= 0.3 is 0 Å². The third-order valence-electron chi connectivity index (χ3n) is 2.99. The predicted octanol–water partition coefficient (Wildman–Crippen LogP) is 2.09. The number of amidine groups is 1. The van der Waals surface area contributed by atoms with Gasteiger partial charge in [0.15, 0.2) is 21.4 Å². The second kappa shape index (κ2) is 6.15. The number of halogens is 1. The lowest BCUT2D eigenvalue weighted by atomic mass is 10.2. The van der Waals surface area contributed by atoms with Gasteiger partial charge in [0, 0.05) is 11.8 Å². The lowest BCUT2D eigenvalue weighted by Crippen LogP contribution is -2.11. The van der Waals surface area contributed by atoms with E-state index in [1.165, 1.54) is 24.3 Å². The lowest BCUT2D eigenvalue weighted by Gasteiger charge is -2.09. The molecule has 116 valence electrons. The minimum atomic E-state index is -3.24. The van der Waals surface area contributed by atoms with Crippen LogP contribution in [0.3, 0.4) is 0 Å². The Balaban J connectivity index is 2.09. The van der Waals surface area contributed by atoms with Crippen molar-refractivity contribution in [3.63, 3.8) is 0 Å². The molecule has 0 spiro atoms.